The predicted molar refractivity (Wildman–Crippen MR) is 71.1 cm³/mol. The van der Waals surface area contributed by atoms with Gasteiger partial charge in [-0.25, -0.2) is 0 Å². The maximum Gasteiger partial charge on any atom is 0.253 e. The van der Waals surface area contributed by atoms with Crippen molar-refractivity contribution >= 4 is 23.2 Å². The van der Waals surface area contributed by atoms with Gasteiger partial charge in [0, 0.05) is 17.9 Å². The van der Waals surface area contributed by atoms with Crippen molar-refractivity contribution in [3.05, 3.63) is 23.8 Å². The van der Waals surface area contributed by atoms with Crippen LogP contribution in [0.3, 0.4) is 0 Å². The highest BCUT2D eigenvalue weighted by Gasteiger charge is 2.15. The quantitative estimate of drug-likeness (QED) is 0.563. The van der Waals surface area contributed by atoms with E-state index in [1.165, 1.54) is 0 Å². The van der Waals surface area contributed by atoms with Crippen LogP contribution < -0.4 is 22.1 Å². The van der Waals surface area contributed by atoms with Gasteiger partial charge in [-0.15, -0.1) is 0 Å². The van der Waals surface area contributed by atoms with Crippen molar-refractivity contribution in [3.63, 3.8) is 0 Å². The van der Waals surface area contributed by atoms with Gasteiger partial charge in [-0.1, -0.05) is 0 Å². The van der Waals surface area contributed by atoms with Crippen LogP contribution in [0.5, 0.6) is 0 Å². The number of benzene rings is 1. The van der Waals surface area contributed by atoms with Crippen LogP contribution in [-0.2, 0) is 4.79 Å². The second kappa shape index (κ2) is 5.90. The van der Waals surface area contributed by atoms with E-state index in [0.717, 1.165) is 0 Å². The first-order valence-corrected chi connectivity index (χ1v) is 5.69. The van der Waals surface area contributed by atoms with E-state index >= 15 is 0 Å². The van der Waals surface area contributed by atoms with Gasteiger partial charge in [0.05, 0.1) is 5.56 Å². The molecule has 6 N–H and O–H groups in total. The normalized spacial score (nSPS) is 11.7. The average Bonchev–Trinajstić information content (AvgIpc) is 2.29. The first-order chi connectivity index (χ1) is 8.45. The molecule has 0 saturated carbocycles. The number of amides is 2. The molecule has 98 valence electrons. The Bertz CT molecular complexity index is 459. The fraction of sp³-hybridized carbons (Fsp3) is 0.333. The number of carbonyl (C=O) groups is 2. The van der Waals surface area contributed by atoms with Crippen molar-refractivity contribution in [1.82, 2.24) is 5.32 Å². The predicted octanol–water partition coefficient (Wildman–Crippen LogP) is 0.304. The number of rotatable bonds is 5. The van der Waals surface area contributed by atoms with Crippen LogP contribution in [0, 0.1) is 0 Å². The molecule has 0 aliphatic heterocycles. The zero-order valence-electron chi connectivity index (χ0n) is 10.5. The van der Waals surface area contributed by atoms with Gasteiger partial charge in [0.1, 0.15) is 6.04 Å². The molecule has 2 amide bonds. The Labute approximate surface area is 106 Å². The summed E-state index contributed by atoms with van der Waals surface area (Å²) in [4.78, 5) is 22.8. The third kappa shape index (κ3) is 3.38. The maximum atomic E-state index is 11.8. The van der Waals surface area contributed by atoms with Crippen molar-refractivity contribution < 1.29 is 9.59 Å². The fourth-order valence-corrected chi connectivity index (χ4v) is 1.44. The molecule has 0 heterocycles. The summed E-state index contributed by atoms with van der Waals surface area (Å²) in [6, 6.07) is 4.26. The Hall–Kier alpha value is -2.24. The van der Waals surface area contributed by atoms with Gasteiger partial charge in [0.2, 0.25) is 5.91 Å². The molecular weight excluding hydrogens is 232 g/mol. The van der Waals surface area contributed by atoms with Crippen molar-refractivity contribution in [2.75, 3.05) is 17.6 Å². The van der Waals surface area contributed by atoms with Gasteiger partial charge < -0.3 is 22.1 Å². The molecule has 0 fully saturated rings. The molecule has 1 atom stereocenters. The minimum Gasteiger partial charge on any atom is -0.399 e. The molecule has 0 aliphatic carbocycles. The molecule has 1 rings (SSSR count). The zero-order valence-corrected chi connectivity index (χ0v) is 10.5. The Morgan fingerprint density at radius 2 is 2.06 bits per heavy atom. The number of nitrogen functional groups attached to an aromatic ring is 1. The summed E-state index contributed by atoms with van der Waals surface area (Å²) >= 11 is 0. The van der Waals surface area contributed by atoms with E-state index in [4.69, 9.17) is 11.5 Å². The third-order valence-corrected chi connectivity index (χ3v) is 2.42. The van der Waals surface area contributed by atoms with Crippen LogP contribution in [0.25, 0.3) is 0 Å². The second-order valence-electron chi connectivity index (χ2n) is 3.93. The third-order valence-electron chi connectivity index (χ3n) is 2.42. The Balaban J connectivity index is 3.03. The monoisotopic (exact) mass is 250 g/mol. The number of primary amides is 1. The Kier molecular flexibility index (Phi) is 4.53. The summed E-state index contributed by atoms with van der Waals surface area (Å²) in [7, 11) is 0. The van der Waals surface area contributed by atoms with Crippen LogP contribution in [-0.4, -0.2) is 24.4 Å². The van der Waals surface area contributed by atoms with Gasteiger partial charge in [-0.05, 0) is 32.0 Å². The van der Waals surface area contributed by atoms with Crippen LogP contribution in [0.2, 0.25) is 0 Å². The van der Waals surface area contributed by atoms with Gasteiger partial charge >= 0.3 is 0 Å². The number of nitrogens with one attached hydrogen (secondary N) is 2. The van der Waals surface area contributed by atoms with Crippen molar-refractivity contribution in [3.8, 4) is 0 Å². The van der Waals surface area contributed by atoms with Gasteiger partial charge in [0.25, 0.3) is 5.91 Å². The molecule has 1 unspecified atom stereocenters. The summed E-state index contributed by atoms with van der Waals surface area (Å²) in [6.07, 6.45) is 0. The van der Waals surface area contributed by atoms with Gasteiger partial charge in [-0.2, -0.15) is 0 Å². The summed E-state index contributed by atoms with van der Waals surface area (Å²) in [5.74, 6) is -0.726. The molecule has 1 aromatic rings. The summed E-state index contributed by atoms with van der Waals surface area (Å²) < 4.78 is 0. The average molecular weight is 250 g/mol. The summed E-state index contributed by atoms with van der Waals surface area (Å²) in [5.41, 5.74) is 12.3. The molecule has 0 spiro atoms. The number of hydrogen-bond donors (Lipinski definition) is 4. The molecule has 1 aromatic carbocycles. The number of nitrogens with two attached hydrogens (primary N) is 2. The molecule has 6 nitrogen and oxygen atoms in total. The Morgan fingerprint density at radius 1 is 1.39 bits per heavy atom. The lowest BCUT2D eigenvalue weighted by atomic mass is 10.1. The maximum absolute atomic E-state index is 11.8. The topological polar surface area (TPSA) is 110 Å². The number of carbonyl (C=O) groups excluding carboxylic acids is 2. The first-order valence-electron chi connectivity index (χ1n) is 5.69. The van der Waals surface area contributed by atoms with Gasteiger partial charge in [0.15, 0.2) is 0 Å². The summed E-state index contributed by atoms with van der Waals surface area (Å²) in [6.45, 7) is 3.97. The van der Waals surface area contributed by atoms with Crippen LogP contribution >= 0.6 is 0 Å². The Morgan fingerprint density at radius 3 is 2.61 bits per heavy atom. The largest absolute Gasteiger partial charge is 0.399 e. The van der Waals surface area contributed by atoms with Gasteiger partial charge in [-0.3, -0.25) is 9.59 Å². The van der Waals surface area contributed by atoms with Crippen LogP contribution in [0.1, 0.15) is 24.2 Å². The molecule has 0 saturated heterocycles. The lowest BCUT2D eigenvalue weighted by Crippen LogP contribution is -2.33. The van der Waals surface area contributed by atoms with Crippen molar-refractivity contribution in [2.24, 2.45) is 5.73 Å². The molecule has 0 radical (unpaired) electrons. The zero-order chi connectivity index (χ0) is 13.7. The molecule has 18 heavy (non-hydrogen) atoms. The van der Waals surface area contributed by atoms with Crippen LogP contribution in [0.4, 0.5) is 11.4 Å². The van der Waals surface area contributed by atoms with E-state index in [1.54, 1.807) is 25.1 Å². The molecule has 0 aromatic heterocycles. The van der Waals surface area contributed by atoms with E-state index in [2.05, 4.69) is 10.6 Å². The fourth-order valence-electron chi connectivity index (χ4n) is 1.44. The molecule has 0 bridgehead atoms. The molecule has 6 heteroatoms. The van der Waals surface area contributed by atoms with E-state index in [0.29, 0.717) is 23.5 Å². The SMILES string of the molecule is CCNC(=O)c1ccc(N)cc1NC(C)C(N)=O. The number of anilines is 2. The standard InChI is InChI=1S/C12H18N4O2/c1-3-15-12(18)9-5-4-8(13)6-10(9)16-7(2)11(14)17/h4-7,16H,3,13H2,1-2H3,(H2,14,17)(H,15,18). The highest BCUT2D eigenvalue weighted by Crippen LogP contribution is 2.20. The lowest BCUT2D eigenvalue weighted by Gasteiger charge is -2.16. The number of hydrogen-bond acceptors (Lipinski definition) is 4. The van der Waals surface area contributed by atoms with Crippen molar-refractivity contribution in [1.29, 1.82) is 0 Å². The smallest absolute Gasteiger partial charge is 0.253 e. The molecule has 0 aliphatic rings. The van der Waals surface area contributed by atoms with Crippen molar-refractivity contribution in [2.45, 2.75) is 19.9 Å². The highest BCUT2D eigenvalue weighted by molar-refractivity contribution is 6.00. The summed E-state index contributed by atoms with van der Waals surface area (Å²) in [5, 5.41) is 5.56. The minimum absolute atomic E-state index is 0.225. The van der Waals surface area contributed by atoms with E-state index < -0.39 is 11.9 Å². The minimum atomic E-state index is -0.583. The first kappa shape index (κ1) is 13.8. The highest BCUT2D eigenvalue weighted by atomic mass is 16.2. The van der Waals surface area contributed by atoms with E-state index in [-0.39, 0.29) is 5.91 Å². The lowest BCUT2D eigenvalue weighted by molar-refractivity contribution is -0.118. The van der Waals surface area contributed by atoms with E-state index in [1.807, 2.05) is 6.92 Å². The second-order valence-corrected chi connectivity index (χ2v) is 3.93. The van der Waals surface area contributed by atoms with E-state index in [9.17, 15) is 9.59 Å². The molecular formula is C12H18N4O2. The van der Waals surface area contributed by atoms with Crippen LogP contribution in [0.15, 0.2) is 18.2 Å².